The van der Waals surface area contributed by atoms with Gasteiger partial charge >= 0.3 is 0 Å². The molecule has 0 radical (unpaired) electrons. The van der Waals surface area contributed by atoms with Crippen LogP contribution in [0.2, 0.25) is 0 Å². The lowest BCUT2D eigenvalue weighted by Gasteiger charge is -2.20. The van der Waals surface area contributed by atoms with Gasteiger partial charge in [0.1, 0.15) is 4.21 Å². The Labute approximate surface area is 149 Å². The summed E-state index contributed by atoms with van der Waals surface area (Å²) in [4.78, 5) is 14.8. The van der Waals surface area contributed by atoms with Gasteiger partial charge in [0, 0.05) is 30.9 Å². The van der Waals surface area contributed by atoms with Gasteiger partial charge in [-0.1, -0.05) is 27.2 Å². The van der Waals surface area contributed by atoms with E-state index in [1.165, 1.54) is 11.3 Å². The van der Waals surface area contributed by atoms with Crippen LogP contribution in [-0.4, -0.2) is 38.9 Å². The maximum Gasteiger partial charge on any atom is 0.250 e. The molecule has 2 heterocycles. The van der Waals surface area contributed by atoms with Gasteiger partial charge in [-0.2, -0.15) is 0 Å². The van der Waals surface area contributed by atoms with Crippen LogP contribution in [0.5, 0.6) is 0 Å². The number of rotatable bonds is 6. The van der Waals surface area contributed by atoms with Gasteiger partial charge in [-0.3, -0.25) is 4.79 Å². The Morgan fingerprint density at radius 1 is 1.21 bits per heavy atom. The molecule has 1 aliphatic rings. The number of carbonyl (C=O) groups excluding carboxylic acids is 1. The van der Waals surface area contributed by atoms with E-state index in [9.17, 15) is 13.2 Å². The zero-order chi connectivity index (χ0) is 17.8. The average molecular weight is 373 g/mol. The molecule has 1 aromatic rings. The molecule has 0 aliphatic carbocycles. The van der Waals surface area contributed by atoms with Gasteiger partial charge in [0.25, 0.3) is 0 Å². The van der Waals surface area contributed by atoms with Crippen LogP contribution in [0.15, 0.2) is 16.3 Å². The normalized spacial score (nSPS) is 17.1. The third-order valence-electron chi connectivity index (χ3n) is 4.15. The van der Waals surface area contributed by atoms with Crippen molar-refractivity contribution in [3.8, 4) is 0 Å². The minimum Gasteiger partial charge on any atom is -0.343 e. The van der Waals surface area contributed by atoms with Crippen LogP contribution in [-0.2, 0) is 20.2 Å². The summed E-state index contributed by atoms with van der Waals surface area (Å²) in [6, 6.07) is 3.56. The third kappa shape index (κ3) is 5.29. The molecule has 0 aromatic carbocycles. The fourth-order valence-corrected chi connectivity index (χ4v) is 5.17. The van der Waals surface area contributed by atoms with Crippen molar-refractivity contribution in [3.05, 3.63) is 17.0 Å². The smallest absolute Gasteiger partial charge is 0.250 e. The molecule has 1 N–H and O–H groups in total. The van der Waals surface area contributed by atoms with Crippen molar-refractivity contribution in [2.75, 3.05) is 19.6 Å². The molecule has 1 aliphatic heterocycles. The highest BCUT2D eigenvalue weighted by atomic mass is 32.2. The van der Waals surface area contributed by atoms with Gasteiger partial charge < -0.3 is 4.90 Å². The van der Waals surface area contributed by atoms with Crippen LogP contribution in [0.3, 0.4) is 0 Å². The molecule has 0 atom stereocenters. The monoisotopic (exact) mass is 372 g/mol. The minimum absolute atomic E-state index is 0.0500. The van der Waals surface area contributed by atoms with E-state index >= 15 is 0 Å². The van der Waals surface area contributed by atoms with Gasteiger partial charge in [-0.05, 0) is 36.8 Å². The minimum atomic E-state index is -3.46. The second kappa shape index (κ2) is 7.97. The third-order valence-corrected chi connectivity index (χ3v) is 7.62. The molecule has 0 saturated carbocycles. The lowest BCUT2D eigenvalue weighted by atomic mass is 9.95. The van der Waals surface area contributed by atoms with Crippen molar-refractivity contribution in [2.45, 2.75) is 62.5 Å². The maximum absolute atomic E-state index is 12.4. The van der Waals surface area contributed by atoms with E-state index in [0.29, 0.717) is 30.1 Å². The molecule has 5 nitrogen and oxygen atoms in total. The number of carbonyl (C=O) groups is 1. The quantitative estimate of drug-likeness (QED) is 0.780. The van der Waals surface area contributed by atoms with Gasteiger partial charge in [0.2, 0.25) is 15.9 Å². The Hall–Kier alpha value is -0.920. The van der Waals surface area contributed by atoms with Crippen molar-refractivity contribution >= 4 is 27.3 Å². The second-order valence-electron chi connectivity index (χ2n) is 7.31. The summed E-state index contributed by atoms with van der Waals surface area (Å²) in [6.45, 7) is 7.99. The number of thiophene rings is 1. The van der Waals surface area contributed by atoms with E-state index in [1.54, 1.807) is 6.07 Å². The average Bonchev–Trinajstić information content (AvgIpc) is 2.92. The van der Waals surface area contributed by atoms with Crippen molar-refractivity contribution in [1.82, 2.24) is 9.62 Å². The number of nitrogens with zero attached hydrogens (tertiary/aromatic N) is 1. The first-order valence-corrected chi connectivity index (χ1v) is 10.9. The summed E-state index contributed by atoms with van der Waals surface area (Å²) in [6.07, 6.45) is 4.38. The van der Waals surface area contributed by atoms with Gasteiger partial charge in [-0.25, -0.2) is 13.1 Å². The van der Waals surface area contributed by atoms with E-state index in [2.05, 4.69) is 25.5 Å². The number of hydrogen-bond donors (Lipinski definition) is 1. The summed E-state index contributed by atoms with van der Waals surface area (Å²) in [7, 11) is -3.46. The number of amides is 1. The predicted molar refractivity (Wildman–Crippen MR) is 97.9 cm³/mol. The van der Waals surface area contributed by atoms with Crippen LogP contribution in [0.4, 0.5) is 0 Å². The molecule has 7 heteroatoms. The predicted octanol–water partition coefficient (Wildman–Crippen LogP) is 3.12. The molecule has 0 bridgehead atoms. The fourth-order valence-electron chi connectivity index (χ4n) is 2.69. The first-order valence-electron chi connectivity index (χ1n) is 8.58. The Bertz CT molecular complexity index is 660. The molecule has 1 saturated heterocycles. The number of nitrogens with one attached hydrogen (secondary N) is 1. The Kier molecular flexibility index (Phi) is 6.45. The summed E-state index contributed by atoms with van der Waals surface area (Å²) < 4.78 is 27.7. The Balaban J connectivity index is 1.84. The van der Waals surface area contributed by atoms with Crippen LogP contribution >= 0.6 is 11.3 Å². The molecule has 136 valence electrons. The molecule has 2 rings (SSSR count). The zero-order valence-corrected chi connectivity index (χ0v) is 16.4. The van der Waals surface area contributed by atoms with Crippen LogP contribution in [0, 0.1) is 0 Å². The van der Waals surface area contributed by atoms with Gasteiger partial charge in [-0.15, -0.1) is 11.3 Å². The summed E-state index contributed by atoms with van der Waals surface area (Å²) in [5.74, 6) is 0.198. The first-order chi connectivity index (χ1) is 11.2. The van der Waals surface area contributed by atoms with E-state index in [0.717, 1.165) is 30.7 Å². The van der Waals surface area contributed by atoms with Gasteiger partial charge in [0.05, 0.1) is 0 Å². The second-order valence-corrected chi connectivity index (χ2v) is 10.4. The number of likely N-dealkylation sites (tertiary alicyclic amines) is 1. The summed E-state index contributed by atoms with van der Waals surface area (Å²) in [5, 5.41) is 0. The molecule has 0 spiro atoms. The lowest BCUT2D eigenvalue weighted by Crippen LogP contribution is -2.33. The van der Waals surface area contributed by atoms with Crippen molar-refractivity contribution in [3.63, 3.8) is 0 Å². The van der Waals surface area contributed by atoms with Crippen molar-refractivity contribution < 1.29 is 13.2 Å². The summed E-state index contributed by atoms with van der Waals surface area (Å²) in [5.41, 5.74) is -0.0500. The van der Waals surface area contributed by atoms with E-state index in [1.807, 2.05) is 11.0 Å². The maximum atomic E-state index is 12.4. The van der Waals surface area contributed by atoms with Crippen LogP contribution in [0.1, 0.15) is 57.8 Å². The van der Waals surface area contributed by atoms with E-state index in [-0.39, 0.29) is 11.3 Å². The lowest BCUT2D eigenvalue weighted by molar-refractivity contribution is -0.130. The molecule has 1 amide bonds. The SMILES string of the molecule is CC(C)(C)c1ccc(S(=O)(=O)NCCCN2CCCCCC2=O)s1. The zero-order valence-electron chi connectivity index (χ0n) is 14.8. The molecule has 1 aromatic heterocycles. The highest BCUT2D eigenvalue weighted by molar-refractivity contribution is 7.91. The molecular weight excluding hydrogens is 344 g/mol. The molecule has 0 unspecified atom stereocenters. The molecule has 1 fully saturated rings. The largest absolute Gasteiger partial charge is 0.343 e. The summed E-state index contributed by atoms with van der Waals surface area (Å²) >= 11 is 1.32. The number of sulfonamides is 1. The highest BCUT2D eigenvalue weighted by Crippen LogP contribution is 2.31. The Morgan fingerprint density at radius 3 is 2.62 bits per heavy atom. The van der Waals surface area contributed by atoms with E-state index < -0.39 is 10.0 Å². The molecular formula is C17H28N2O3S2. The highest BCUT2D eigenvalue weighted by Gasteiger charge is 2.22. The van der Waals surface area contributed by atoms with Crippen molar-refractivity contribution in [2.24, 2.45) is 0 Å². The van der Waals surface area contributed by atoms with Gasteiger partial charge in [0.15, 0.2) is 0 Å². The van der Waals surface area contributed by atoms with Crippen LogP contribution < -0.4 is 4.72 Å². The molecule has 24 heavy (non-hydrogen) atoms. The fraction of sp³-hybridized carbons (Fsp3) is 0.706. The first kappa shape index (κ1) is 19.4. The van der Waals surface area contributed by atoms with Crippen molar-refractivity contribution in [1.29, 1.82) is 0 Å². The Morgan fingerprint density at radius 2 is 1.96 bits per heavy atom. The topological polar surface area (TPSA) is 66.5 Å². The van der Waals surface area contributed by atoms with E-state index in [4.69, 9.17) is 0 Å². The number of hydrogen-bond acceptors (Lipinski definition) is 4. The standard InChI is InChI=1S/C17H28N2O3S2/c1-17(2,3)14-9-10-16(23-14)24(21,22)18-11-7-13-19-12-6-4-5-8-15(19)20/h9-10,18H,4-8,11-13H2,1-3H3. The van der Waals surface area contributed by atoms with Crippen LogP contribution in [0.25, 0.3) is 0 Å².